The van der Waals surface area contributed by atoms with Gasteiger partial charge in [-0.1, -0.05) is 30.3 Å². The molecule has 6 nitrogen and oxygen atoms in total. The molecule has 0 radical (unpaired) electrons. The zero-order chi connectivity index (χ0) is 22.4. The number of rotatable bonds is 3. The second-order valence-corrected chi connectivity index (χ2v) is 8.35. The van der Waals surface area contributed by atoms with Crippen LogP contribution in [0.25, 0.3) is 10.9 Å². The average molecular weight is 428 g/mol. The first-order chi connectivity index (χ1) is 15.5. The van der Waals surface area contributed by atoms with E-state index in [1.54, 1.807) is 12.1 Å². The molecule has 0 saturated heterocycles. The summed E-state index contributed by atoms with van der Waals surface area (Å²) in [5.41, 5.74) is 5.15. The van der Waals surface area contributed by atoms with Crippen LogP contribution < -0.4 is 5.32 Å². The van der Waals surface area contributed by atoms with Gasteiger partial charge in [-0.25, -0.2) is 4.79 Å². The normalized spacial score (nSPS) is 20.9. The summed E-state index contributed by atoms with van der Waals surface area (Å²) < 4.78 is 5.11. The zero-order valence-electron chi connectivity index (χ0n) is 17.9. The Morgan fingerprint density at radius 1 is 1.06 bits per heavy atom. The van der Waals surface area contributed by atoms with E-state index in [9.17, 15) is 14.7 Å². The molecule has 6 heteroatoms. The Hall–Kier alpha value is -3.80. The summed E-state index contributed by atoms with van der Waals surface area (Å²) in [5.74, 6) is -0.934. The second-order valence-electron chi connectivity index (χ2n) is 8.35. The SMILES string of the molecule is COC(=O)C1=C(C)NC2=C(C(=O)CC(c3ccccc3O)C2)C1c1cccc2[nH]ccc12. The minimum Gasteiger partial charge on any atom is -0.508 e. The quantitative estimate of drug-likeness (QED) is 0.538. The van der Waals surface area contributed by atoms with Crippen LogP contribution in [0, 0.1) is 0 Å². The van der Waals surface area contributed by atoms with E-state index in [0.29, 0.717) is 23.3 Å². The molecule has 1 aromatic heterocycles. The number of nitrogens with one attached hydrogen (secondary N) is 2. The third-order valence-corrected chi connectivity index (χ3v) is 6.55. The minimum absolute atomic E-state index is 0.0292. The fourth-order valence-electron chi connectivity index (χ4n) is 5.14. The summed E-state index contributed by atoms with van der Waals surface area (Å²) in [7, 11) is 1.36. The minimum atomic E-state index is -0.518. The van der Waals surface area contributed by atoms with E-state index in [0.717, 1.165) is 27.7 Å². The predicted molar refractivity (Wildman–Crippen MR) is 121 cm³/mol. The van der Waals surface area contributed by atoms with Gasteiger partial charge in [0.1, 0.15) is 5.75 Å². The number of hydrogen-bond donors (Lipinski definition) is 3. The lowest BCUT2D eigenvalue weighted by atomic mass is 9.71. The van der Waals surface area contributed by atoms with Crippen LogP contribution in [0.2, 0.25) is 0 Å². The number of ether oxygens (including phenoxy) is 1. The molecule has 0 saturated carbocycles. The lowest BCUT2D eigenvalue weighted by Gasteiger charge is -2.37. The Morgan fingerprint density at radius 2 is 1.84 bits per heavy atom. The number of aromatic nitrogens is 1. The largest absolute Gasteiger partial charge is 0.508 e. The van der Waals surface area contributed by atoms with Gasteiger partial charge in [-0.2, -0.15) is 0 Å². The molecular weight excluding hydrogens is 404 g/mol. The van der Waals surface area contributed by atoms with Crippen molar-refractivity contribution >= 4 is 22.7 Å². The van der Waals surface area contributed by atoms with Gasteiger partial charge in [0.25, 0.3) is 0 Å². The summed E-state index contributed by atoms with van der Waals surface area (Å²) >= 11 is 0. The van der Waals surface area contributed by atoms with Gasteiger partial charge in [-0.05, 0) is 42.7 Å². The number of methoxy groups -OCH3 is 1. The van der Waals surface area contributed by atoms with Crippen LogP contribution in [0.5, 0.6) is 5.75 Å². The highest BCUT2D eigenvalue weighted by molar-refractivity contribution is 6.05. The second kappa shape index (κ2) is 7.71. The third-order valence-electron chi connectivity index (χ3n) is 6.55. The van der Waals surface area contributed by atoms with Crippen LogP contribution in [0.3, 0.4) is 0 Å². The van der Waals surface area contributed by atoms with Crippen molar-refractivity contribution in [2.45, 2.75) is 31.6 Å². The maximum atomic E-state index is 13.6. The first-order valence-corrected chi connectivity index (χ1v) is 10.7. The molecule has 32 heavy (non-hydrogen) atoms. The molecule has 0 spiro atoms. The van der Waals surface area contributed by atoms with E-state index in [2.05, 4.69) is 10.3 Å². The third kappa shape index (κ3) is 3.11. The fourth-order valence-corrected chi connectivity index (χ4v) is 5.14. The van der Waals surface area contributed by atoms with Crippen LogP contribution in [-0.2, 0) is 14.3 Å². The van der Waals surface area contributed by atoms with Crippen LogP contribution >= 0.6 is 0 Å². The molecule has 0 fully saturated rings. The van der Waals surface area contributed by atoms with Gasteiger partial charge in [-0.15, -0.1) is 0 Å². The number of esters is 1. The molecule has 5 rings (SSSR count). The Bertz CT molecular complexity index is 1310. The van der Waals surface area contributed by atoms with Gasteiger partial charge in [0.05, 0.1) is 12.7 Å². The predicted octanol–water partition coefficient (Wildman–Crippen LogP) is 4.41. The van der Waals surface area contributed by atoms with E-state index >= 15 is 0 Å². The fraction of sp³-hybridized carbons (Fsp3) is 0.231. The van der Waals surface area contributed by atoms with Crippen LogP contribution in [-0.4, -0.2) is 29.0 Å². The first-order valence-electron chi connectivity index (χ1n) is 10.7. The summed E-state index contributed by atoms with van der Waals surface area (Å²) in [6, 6.07) is 15.0. The van der Waals surface area contributed by atoms with Crippen LogP contribution in [0.4, 0.5) is 0 Å². The van der Waals surface area contributed by atoms with Gasteiger partial charge in [0, 0.05) is 52.3 Å². The van der Waals surface area contributed by atoms with Crippen molar-refractivity contribution in [3.63, 3.8) is 0 Å². The lowest BCUT2D eigenvalue weighted by Crippen LogP contribution is -2.36. The number of H-pyrrole nitrogens is 1. The molecule has 2 heterocycles. The van der Waals surface area contributed by atoms with Gasteiger partial charge in [-0.3, -0.25) is 4.79 Å². The Kier molecular flexibility index (Phi) is 4.85. The standard InChI is InChI=1S/C26H24N2O4/c1-14-23(26(31)32-2)24(18-7-5-8-19-17(18)10-11-27-19)25-20(28-14)12-15(13-22(25)30)16-6-3-4-9-21(16)29/h3-11,15,24,27-29H,12-13H2,1-2H3. The number of aromatic hydroxyl groups is 1. The molecule has 2 atom stereocenters. The molecule has 0 amide bonds. The number of aromatic amines is 1. The summed E-state index contributed by atoms with van der Waals surface area (Å²) in [6.07, 6.45) is 2.70. The van der Waals surface area contributed by atoms with Gasteiger partial charge in [0.15, 0.2) is 5.78 Å². The van der Waals surface area contributed by atoms with Crippen molar-refractivity contribution in [2.75, 3.05) is 7.11 Å². The number of carbonyl (C=O) groups is 2. The van der Waals surface area contributed by atoms with E-state index in [4.69, 9.17) is 4.74 Å². The molecule has 2 unspecified atom stereocenters. The molecule has 162 valence electrons. The van der Waals surface area contributed by atoms with E-state index in [1.165, 1.54) is 7.11 Å². The molecule has 3 aromatic rings. The molecule has 0 bridgehead atoms. The van der Waals surface area contributed by atoms with Crippen LogP contribution in [0.1, 0.15) is 42.7 Å². The summed E-state index contributed by atoms with van der Waals surface area (Å²) in [4.78, 5) is 29.6. The van der Waals surface area contributed by atoms with Crippen molar-refractivity contribution in [2.24, 2.45) is 0 Å². The number of allylic oxidation sites excluding steroid dienone is 3. The lowest BCUT2D eigenvalue weighted by molar-refractivity contribution is -0.136. The maximum absolute atomic E-state index is 13.6. The van der Waals surface area contributed by atoms with Gasteiger partial charge < -0.3 is 20.1 Å². The molecule has 2 aliphatic rings. The maximum Gasteiger partial charge on any atom is 0.336 e. The summed E-state index contributed by atoms with van der Waals surface area (Å²) in [5, 5.41) is 14.6. The molecule has 3 N–H and O–H groups in total. The number of dihydropyridines is 1. The number of Topliss-reactive ketones (excluding diaryl/α,β-unsaturated/α-hetero) is 1. The highest BCUT2D eigenvalue weighted by Gasteiger charge is 2.42. The number of fused-ring (bicyclic) bond motifs is 1. The van der Waals surface area contributed by atoms with Gasteiger partial charge in [0.2, 0.25) is 0 Å². The Balaban J connectivity index is 1.68. The highest BCUT2D eigenvalue weighted by Crippen LogP contribution is 2.47. The van der Waals surface area contributed by atoms with Crippen molar-refractivity contribution in [3.05, 3.63) is 88.4 Å². The Morgan fingerprint density at radius 3 is 2.62 bits per heavy atom. The number of benzene rings is 2. The van der Waals surface area contributed by atoms with Crippen molar-refractivity contribution in [1.82, 2.24) is 10.3 Å². The highest BCUT2D eigenvalue weighted by atomic mass is 16.5. The average Bonchev–Trinajstić information content (AvgIpc) is 3.27. The van der Waals surface area contributed by atoms with E-state index in [1.807, 2.05) is 49.5 Å². The number of ketones is 1. The number of phenols is 1. The molecular formula is C26H24N2O4. The monoisotopic (exact) mass is 428 g/mol. The Labute approximate surface area is 185 Å². The number of carbonyl (C=O) groups excluding carboxylic acids is 2. The topological polar surface area (TPSA) is 91.4 Å². The molecule has 2 aromatic carbocycles. The van der Waals surface area contributed by atoms with Crippen molar-refractivity contribution in [3.8, 4) is 5.75 Å². The van der Waals surface area contributed by atoms with Gasteiger partial charge >= 0.3 is 5.97 Å². The number of hydrogen-bond acceptors (Lipinski definition) is 5. The zero-order valence-corrected chi connectivity index (χ0v) is 17.9. The summed E-state index contributed by atoms with van der Waals surface area (Å²) in [6.45, 7) is 1.84. The number of phenolic OH excluding ortho intramolecular Hbond substituents is 1. The van der Waals surface area contributed by atoms with E-state index < -0.39 is 11.9 Å². The smallest absolute Gasteiger partial charge is 0.336 e. The van der Waals surface area contributed by atoms with Crippen molar-refractivity contribution < 1.29 is 19.4 Å². The first kappa shape index (κ1) is 20.1. The molecule has 1 aliphatic carbocycles. The number of para-hydroxylation sites is 1. The molecule has 1 aliphatic heterocycles. The van der Waals surface area contributed by atoms with Crippen molar-refractivity contribution in [1.29, 1.82) is 0 Å². The van der Waals surface area contributed by atoms with E-state index in [-0.39, 0.29) is 23.9 Å². The van der Waals surface area contributed by atoms with Crippen LogP contribution in [0.15, 0.2) is 77.3 Å².